The Morgan fingerprint density at radius 2 is 1.96 bits per heavy atom. The van der Waals surface area contributed by atoms with E-state index in [-0.39, 0.29) is 5.82 Å². The highest BCUT2D eigenvalue weighted by atomic mass is 19.1. The van der Waals surface area contributed by atoms with Crippen LogP contribution >= 0.6 is 0 Å². The average molecular weight is 354 g/mol. The average Bonchev–Trinajstić information content (AvgIpc) is 3.07. The molecule has 2 aromatic carbocycles. The fourth-order valence-corrected chi connectivity index (χ4v) is 2.77. The fourth-order valence-electron chi connectivity index (χ4n) is 2.77. The second-order valence-corrected chi connectivity index (χ2v) is 5.84. The Morgan fingerprint density at radius 1 is 1.12 bits per heavy atom. The maximum absolute atomic E-state index is 13.1. The molecular formula is C20H23FN4O. The van der Waals surface area contributed by atoms with Crippen molar-refractivity contribution in [2.45, 2.75) is 6.42 Å². The first-order valence-electron chi connectivity index (χ1n) is 8.64. The maximum Gasteiger partial charge on any atom is 0.191 e. The van der Waals surface area contributed by atoms with Gasteiger partial charge in [-0.25, -0.2) is 4.39 Å². The molecule has 3 rings (SSSR count). The molecule has 26 heavy (non-hydrogen) atoms. The van der Waals surface area contributed by atoms with Gasteiger partial charge in [-0.3, -0.25) is 4.99 Å². The van der Waals surface area contributed by atoms with Crippen molar-refractivity contribution in [2.75, 3.05) is 26.7 Å². The van der Waals surface area contributed by atoms with Crippen LogP contribution < -0.4 is 15.4 Å². The van der Waals surface area contributed by atoms with E-state index in [1.807, 2.05) is 12.1 Å². The molecule has 136 valence electrons. The lowest BCUT2D eigenvalue weighted by atomic mass is 10.1. The van der Waals surface area contributed by atoms with Gasteiger partial charge in [0, 0.05) is 36.8 Å². The summed E-state index contributed by atoms with van der Waals surface area (Å²) in [6, 6.07) is 14.4. The first kappa shape index (κ1) is 17.8. The van der Waals surface area contributed by atoms with Crippen LogP contribution in [0.15, 0.2) is 59.7 Å². The minimum atomic E-state index is -0.301. The Morgan fingerprint density at radius 3 is 2.81 bits per heavy atom. The van der Waals surface area contributed by atoms with Gasteiger partial charge in [-0.05, 0) is 30.2 Å². The number of benzene rings is 2. The number of aromatic nitrogens is 1. The summed E-state index contributed by atoms with van der Waals surface area (Å²) < 4.78 is 18.6. The number of nitrogens with one attached hydrogen (secondary N) is 3. The summed E-state index contributed by atoms with van der Waals surface area (Å²) in [6.45, 7) is 1.77. The number of aromatic amines is 1. The lowest BCUT2D eigenvalue weighted by molar-refractivity contribution is 0.320. The lowest BCUT2D eigenvalue weighted by Gasteiger charge is -2.12. The Kier molecular flexibility index (Phi) is 6.09. The van der Waals surface area contributed by atoms with Crippen LogP contribution in [0.5, 0.6) is 5.75 Å². The van der Waals surface area contributed by atoms with Crippen LogP contribution in [-0.2, 0) is 6.42 Å². The molecule has 0 atom stereocenters. The van der Waals surface area contributed by atoms with Crippen LogP contribution in [-0.4, -0.2) is 37.7 Å². The molecule has 0 fully saturated rings. The van der Waals surface area contributed by atoms with E-state index in [1.165, 1.54) is 23.1 Å². The molecule has 1 heterocycles. The van der Waals surface area contributed by atoms with Crippen LogP contribution in [0.1, 0.15) is 5.56 Å². The molecule has 0 saturated carbocycles. The largest absolute Gasteiger partial charge is 0.492 e. The second kappa shape index (κ2) is 8.89. The summed E-state index contributed by atoms with van der Waals surface area (Å²) in [4.78, 5) is 7.48. The summed E-state index contributed by atoms with van der Waals surface area (Å²) in [5, 5.41) is 7.72. The van der Waals surface area contributed by atoms with Crippen LogP contribution in [0.3, 0.4) is 0 Å². The third-order valence-electron chi connectivity index (χ3n) is 4.04. The van der Waals surface area contributed by atoms with Gasteiger partial charge in [0.2, 0.25) is 0 Å². The molecule has 6 heteroatoms. The number of hydrogen-bond donors (Lipinski definition) is 3. The van der Waals surface area contributed by atoms with E-state index in [1.54, 1.807) is 19.2 Å². The molecule has 0 radical (unpaired) electrons. The summed E-state index contributed by atoms with van der Waals surface area (Å²) in [7, 11) is 1.73. The van der Waals surface area contributed by atoms with E-state index in [4.69, 9.17) is 4.74 Å². The Labute approximate surface area is 152 Å². The smallest absolute Gasteiger partial charge is 0.191 e. The van der Waals surface area contributed by atoms with Crippen molar-refractivity contribution in [3.8, 4) is 5.75 Å². The number of halogens is 1. The highest BCUT2D eigenvalue weighted by Gasteiger charge is 2.03. The molecule has 3 N–H and O–H groups in total. The predicted octanol–water partition coefficient (Wildman–Crippen LogP) is 3.09. The van der Waals surface area contributed by atoms with Gasteiger partial charge in [-0.15, -0.1) is 0 Å². The number of guanidine groups is 1. The highest BCUT2D eigenvalue weighted by molar-refractivity contribution is 5.83. The van der Waals surface area contributed by atoms with E-state index in [9.17, 15) is 4.39 Å². The van der Waals surface area contributed by atoms with Gasteiger partial charge in [0.05, 0.1) is 6.54 Å². The molecule has 0 aliphatic rings. The van der Waals surface area contributed by atoms with Crippen molar-refractivity contribution >= 4 is 16.9 Å². The SMILES string of the molecule is CN=C(NCCOc1cccc(F)c1)NCCc1c[nH]c2ccccc12. The van der Waals surface area contributed by atoms with E-state index in [2.05, 4.69) is 38.9 Å². The number of fused-ring (bicyclic) bond motifs is 1. The van der Waals surface area contributed by atoms with Gasteiger partial charge in [-0.1, -0.05) is 24.3 Å². The molecule has 0 saturated heterocycles. The number of ether oxygens (including phenoxy) is 1. The normalized spacial score (nSPS) is 11.5. The third kappa shape index (κ3) is 4.75. The Bertz CT molecular complexity index is 875. The Hall–Kier alpha value is -3.02. The van der Waals surface area contributed by atoms with E-state index >= 15 is 0 Å². The van der Waals surface area contributed by atoms with E-state index in [0.29, 0.717) is 24.9 Å². The quantitative estimate of drug-likeness (QED) is 0.347. The van der Waals surface area contributed by atoms with Gasteiger partial charge in [0.15, 0.2) is 5.96 Å². The molecule has 0 aliphatic carbocycles. The van der Waals surface area contributed by atoms with Crippen molar-refractivity contribution in [2.24, 2.45) is 4.99 Å². The molecule has 0 spiro atoms. The molecule has 0 aliphatic heterocycles. The number of aliphatic imine (C=N–C) groups is 1. The zero-order chi connectivity index (χ0) is 18.2. The summed E-state index contributed by atoms with van der Waals surface area (Å²) >= 11 is 0. The second-order valence-electron chi connectivity index (χ2n) is 5.84. The molecule has 5 nitrogen and oxygen atoms in total. The first-order chi connectivity index (χ1) is 12.8. The fraction of sp³-hybridized carbons (Fsp3) is 0.250. The minimum Gasteiger partial charge on any atom is -0.492 e. The summed E-state index contributed by atoms with van der Waals surface area (Å²) in [6.07, 6.45) is 2.94. The third-order valence-corrected chi connectivity index (χ3v) is 4.04. The monoisotopic (exact) mass is 354 g/mol. The zero-order valence-corrected chi connectivity index (χ0v) is 14.8. The predicted molar refractivity (Wildman–Crippen MR) is 103 cm³/mol. The maximum atomic E-state index is 13.1. The van der Waals surface area contributed by atoms with Crippen molar-refractivity contribution in [1.82, 2.24) is 15.6 Å². The summed E-state index contributed by atoms with van der Waals surface area (Å²) in [5.41, 5.74) is 2.43. The molecule has 0 bridgehead atoms. The number of rotatable bonds is 7. The van der Waals surface area contributed by atoms with Crippen molar-refractivity contribution in [3.05, 3.63) is 66.1 Å². The standard InChI is InChI=1S/C20H23FN4O/c1-22-20(24-11-12-26-17-6-4-5-16(21)13-17)23-10-9-15-14-25-19-8-3-2-7-18(15)19/h2-8,13-14,25H,9-12H2,1H3,(H2,22,23,24). The first-order valence-corrected chi connectivity index (χ1v) is 8.64. The van der Waals surface area contributed by atoms with Crippen LogP contribution in [0.25, 0.3) is 10.9 Å². The highest BCUT2D eigenvalue weighted by Crippen LogP contribution is 2.17. The van der Waals surface area contributed by atoms with Crippen molar-refractivity contribution in [3.63, 3.8) is 0 Å². The molecule has 1 aromatic heterocycles. The number of para-hydroxylation sites is 1. The molecule has 0 amide bonds. The topological polar surface area (TPSA) is 61.4 Å². The van der Waals surface area contributed by atoms with Gasteiger partial charge >= 0.3 is 0 Å². The van der Waals surface area contributed by atoms with E-state index < -0.39 is 0 Å². The molecule has 3 aromatic rings. The van der Waals surface area contributed by atoms with Crippen LogP contribution in [0.2, 0.25) is 0 Å². The minimum absolute atomic E-state index is 0.301. The van der Waals surface area contributed by atoms with Gasteiger partial charge in [0.1, 0.15) is 18.2 Å². The van der Waals surface area contributed by atoms with Gasteiger partial charge in [-0.2, -0.15) is 0 Å². The van der Waals surface area contributed by atoms with Gasteiger partial charge in [0.25, 0.3) is 0 Å². The number of hydrogen-bond acceptors (Lipinski definition) is 2. The van der Waals surface area contributed by atoms with Crippen molar-refractivity contribution in [1.29, 1.82) is 0 Å². The number of nitrogens with zero attached hydrogens (tertiary/aromatic N) is 1. The Balaban J connectivity index is 1.39. The zero-order valence-electron chi connectivity index (χ0n) is 14.8. The van der Waals surface area contributed by atoms with Gasteiger partial charge < -0.3 is 20.4 Å². The summed E-state index contributed by atoms with van der Waals surface area (Å²) in [5.74, 6) is 0.937. The molecule has 0 unspecified atom stereocenters. The van der Waals surface area contributed by atoms with Crippen LogP contribution in [0.4, 0.5) is 4.39 Å². The van der Waals surface area contributed by atoms with Crippen LogP contribution in [0, 0.1) is 5.82 Å². The van der Waals surface area contributed by atoms with E-state index in [0.717, 1.165) is 18.5 Å². The molecular weight excluding hydrogens is 331 g/mol. The lowest BCUT2D eigenvalue weighted by Crippen LogP contribution is -2.40. The van der Waals surface area contributed by atoms with Crippen molar-refractivity contribution < 1.29 is 9.13 Å². The number of H-pyrrole nitrogens is 1.